The third-order valence-electron chi connectivity index (χ3n) is 4.80. The molecule has 0 fully saturated rings. The minimum Gasteiger partial charge on any atom is -0.504 e. The first kappa shape index (κ1) is 18.7. The summed E-state index contributed by atoms with van der Waals surface area (Å²) in [5.41, 5.74) is 2.52. The van der Waals surface area contributed by atoms with Crippen molar-refractivity contribution >= 4 is 17.3 Å². The number of methoxy groups -OCH3 is 1. The van der Waals surface area contributed by atoms with Gasteiger partial charge in [0.2, 0.25) is 0 Å². The number of aliphatic imine (C=N–C) groups is 1. The quantitative estimate of drug-likeness (QED) is 0.768. The van der Waals surface area contributed by atoms with Gasteiger partial charge < -0.3 is 9.84 Å². The zero-order chi connectivity index (χ0) is 18.7. The van der Waals surface area contributed by atoms with Crippen molar-refractivity contribution in [1.29, 1.82) is 0 Å². The molecule has 1 heterocycles. The van der Waals surface area contributed by atoms with Gasteiger partial charge >= 0.3 is 0 Å². The summed E-state index contributed by atoms with van der Waals surface area (Å²) in [6, 6.07) is 13.3. The van der Waals surface area contributed by atoms with Crippen LogP contribution in [-0.4, -0.2) is 23.6 Å². The van der Waals surface area contributed by atoms with E-state index in [-0.39, 0.29) is 17.5 Å². The number of para-hydroxylation sites is 1. The molecule has 0 radical (unpaired) electrons. The summed E-state index contributed by atoms with van der Waals surface area (Å²) in [5.74, 6) is 0.667. The molecule has 2 aromatic carbocycles. The molecule has 138 valence electrons. The molecule has 2 atom stereocenters. The average molecular weight is 373 g/mol. The van der Waals surface area contributed by atoms with E-state index in [1.807, 2.05) is 36.4 Å². The van der Waals surface area contributed by atoms with Gasteiger partial charge in [-0.3, -0.25) is 10.3 Å². The van der Waals surface area contributed by atoms with Crippen LogP contribution in [0.1, 0.15) is 50.3 Å². The van der Waals surface area contributed by atoms with Crippen molar-refractivity contribution in [2.45, 2.75) is 44.8 Å². The predicted octanol–water partition coefficient (Wildman–Crippen LogP) is 5.09. The molecule has 0 bridgehead atoms. The Balaban J connectivity index is 2.01. The number of nitrogens with zero attached hydrogens (tertiary/aromatic N) is 1. The second kappa shape index (κ2) is 7.68. The molecule has 0 aromatic heterocycles. The molecule has 0 amide bonds. The normalized spacial score (nSPS) is 22.8. The number of rotatable bonds is 5. The summed E-state index contributed by atoms with van der Waals surface area (Å²) in [6.07, 6.45) is 2.60. The summed E-state index contributed by atoms with van der Waals surface area (Å²) in [5, 5.41) is 14.9. The molecule has 0 unspecified atom stereocenters. The van der Waals surface area contributed by atoms with Gasteiger partial charge in [-0.1, -0.05) is 49.2 Å². The van der Waals surface area contributed by atoms with Gasteiger partial charge in [0.25, 0.3) is 0 Å². The zero-order valence-electron chi connectivity index (χ0n) is 15.4. The van der Waals surface area contributed by atoms with E-state index >= 15 is 0 Å². The molecule has 4 nitrogen and oxygen atoms in total. The molecule has 2 N–H and O–H groups in total. The van der Waals surface area contributed by atoms with Crippen molar-refractivity contribution in [3.05, 3.63) is 58.6 Å². The zero-order valence-corrected chi connectivity index (χ0v) is 16.2. The lowest BCUT2D eigenvalue weighted by Gasteiger charge is -2.38. The fourth-order valence-corrected chi connectivity index (χ4v) is 3.73. The van der Waals surface area contributed by atoms with Gasteiger partial charge in [-0.25, -0.2) is 0 Å². The van der Waals surface area contributed by atoms with Crippen LogP contribution >= 0.6 is 11.6 Å². The molecular weight excluding hydrogens is 348 g/mol. The van der Waals surface area contributed by atoms with Crippen molar-refractivity contribution in [2.75, 3.05) is 7.11 Å². The van der Waals surface area contributed by atoms with Crippen LogP contribution in [-0.2, 0) is 0 Å². The minimum atomic E-state index is -0.387. The fraction of sp³-hybridized carbons (Fsp3) is 0.381. The van der Waals surface area contributed by atoms with Crippen LogP contribution in [0.5, 0.6) is 11.5 Å². The van der Waals surface area contributed by atoms with Crippen molar-refractivity contribution in [3.8, 4) is 11.5 Å². The second-order valence-corrected chi connectivity index (χ2v) is 7.32. The Bertz CT molecular complexity index is 804. The lowest BCUT2D eigenvalue weighted by molar-refractivity contribution is 0.281. The molecule has 2 aromatic rings. The van der Waals surface area contributed by atoms with Crippen LogP contribution in [0.3, 0.4) is 0 Å². The molecular formula is C21H25ClN2O2. The SMILES string of the molecule is CCC[C@@]1(C)N=C(c2ccc(Cl)cc2)C[C@@H](c2cccc(OC)c2O)N1. The van der Waals surface area contributed by atoms with Gasteiger partial charge in [0.05, 0.1) is 7.11 Å². The van der Waals surface area contributed by atoms with Crippen molar-refractivity contribution in [2.24, 2.45) is 4.99 Å². The Morgan fingerprint density at radius 3 is 2.65 bits per heavy atom. The molecule has 1 aliphatic heterocycles. The van der Waals surface area contributed by atoms with E-state index in [1.165, 1.54) is 0 Å². The molecule has 0 saturated carbocycles. The van der Waals surface area contributed by atoms with E-state index in [9.17, 15) is 5.11 Å². The highest BCUT2D eigenvalue weighted by molar-refractivity contribution is 6.30. The summed E-state index contributed by atoms with van der Waals surface area (Å²) in [4.78, 5) is 5.00. The summed E-state index contributed by atoms with van der Waals surface area (Å²) < 4.78 is 5.28. The number of halogens is 1. The number of hydrogen-bond donors (Lipinski definition) is 2. The van der Waals surface area contributed by atoms with E-state index in [0.717, 1.165) is 29.7 Å². The molecule has 1 aliphatic rings. The third kappa shape index (κ3) is 3.87. The van der Waals surface area contributed by atoms with Crippen LogP contribution in [0.4, 0.5) is 0 Å². The monoisotopic (exact) mass is 372 g/mol. The van der Waals surface area contributed by atoms with Crippen LogP contribution < -0.4 is 10.1 Å². The predicted molar refractivity (Wildman–Crippen MR) is 106 cm³/mol. The molecule has 0 aliphatic carbocycles. The third-order valence-corrected chi connectivity index (χ3v) is 5.06. The molecule has 3 rings (SSSR count). The largest absolute Gasteiger partial charge is 0.504 e. The van der Waals surface area contributed by atoms with E-state index in [4.69, 9.17) is 21.3 Å². The van der Waals surface area contributed by atoms with Gasteiger partial charge in [0.15, 0.2) is 11.5 Å². The standard InChI is InChI=1S/C21H25ClN2O2/c1-4-12-21(2)23-17(14-8-10-15(22)11-9-14)13-18(24-21)16-6-5-7-19(26-3)20(16)25/h5-11,18,24-25H,4,12-13H2,1-3H3/t18-,21-/m0/s1. The summed E-state index contributed by atoms with van der Waals surface area (Å²) in [7, 11) is 1.56. The van der Waals surface area contributed by atoms with E-state index in [1.54, 1.807) is 13.2 Å². The van der Waals surface area contributed by atoms with Crippen molar-refractivity contribution in [3.63, 3.8) is 0 Å². The minimum absolute atomic E-state index is 0.0511. The number of aromatic hydroxyl groups is 1. The summed E-state index contributed by atoms with van der Waals surface area (Å²) >= 11 is 6.04. The van der Waals surface area contributed by atoms with Gasteiger partial charge in [0, 0.05) is 28.8 Å². The highest BCUT2D eigenvalue weighted by Gasteiger charge is 2.34. The maximum Gasteiger partial charge on any atom is 0.162 e. The summed E-state index contributed by atoms with van der Waals surface area (Å²) in [6.45, 7) is 4.26. The average Bonchev–Trinajstić information content (AvgIpc) is 2.62. The fourth-order valence-electron chi connectivity index (χ4n) is 3.61. The first-order valence-electron chi connectivity index (χ1n) is 8.94. The van der Waals surface area contributed by atoms with Crippen LogP contribution in [0.25, 0.3) is 0 Å². The Hall–Kier alpha value is -2.04. The van der Waals surface area contributed by atoms with Crippen LogP contribution in [0, 0.1) is 0 Å². The smallest absolute Gasteiger partial charge is 0.162 e. The maximum absolute atomic E-state index is 10.6. The highest BCUT2D eigenvalue weighted by atomic mass is 35.5. The van der Waals surface area contributed by atoms with Crippen molar-refractivity contribution in [1.82, 2.24) is 5.32 Å². The van der Waals surface area contributed by atoms with Gasteiger partial charge in [-0.05, 0) is 37.1 Å². The first-order valence-corrected chi connectivity index (χ1v) is 9.32. The van der Waals surface area contributed by atoms with E-state index < -0.39 is 0 Å². The van der Waals surface area contributed by atoms with Crippen LogP contribution in [0.15, 0.2) is 47.5 Å². The number of nitrogens with one attached hydrogen (secondary N) is 1. The van der Waals surface area contributed by atoms with Crippen molar-refractivity contribution < 1.29 is 9.84 Å². The number of hydrogen-bond acceptors (Lipinski definition) is 4. The lowest BCUT2D eigenvalue weighted by Crippen LogP contribution is -2.47. The molecule has 5 heteroatoms. The number of phenols is 1. The number of ether oxygens (including phenoxy) is 1. The number of phenolic OH excluding ortho intramolecular Hbond substituents is 1. The van der Waals surface area contributed by atoms with Gasteiger partial charge in [0.1, 0.15) is 5.66 Å². The Labute approximate surface area is 159 Å². The first-order chi connectivity index (χ1) is 12.5. The Morgan fingerprint density at radius 1 is 1.27 bits per heavy atom. The molecule has 0 spiro atoms. The van der Waals surface area contributed by atoms with E-state index in [2.05, 4.69) is 19.2 Å². The van der Waals surface area contributed by atoms with E-state index in [0.29, 0.717) is 17.2 Å². The topological polar surface area (TPSA) is 53.9 Å². The Morgan fingerprint density at radius 2 is 2.00 bits per heavy atom. The maximum atomic E-state index is 10.6. The number of benzene rings is 2. The lowest BCUT2D eigenvalue weighted by atomic mass is 9.90. The highest BCUT2D eigenvalue weighted by Crippen LogP contribution is 2.39. The van der Waals surface area contributed by atoms with Gasteiger partial charge in [-0.2, -0.15) is 0 Å². The second-order valence-electron chi connectivity index (χ2n) is 6.89. The molecule has 26 heavy (non-hydrogen) atoms. The Kier molecular flexibility index (Phi) is 5.54. The van der Waals surface area contributed by atoms with Gasteiger partial charge in [-0.15, -0.1) is 0 Å². The van der Waals surface area contributed by atoms with Crippen LogP contribution in [0.2, 0.25) is 5.02 Å². The molecule has 0 saturated heterocycles.